The number of allylic oxidation sites excluding steroid dienone is 6. The second-order valence-electron chi connectivity index (χ2n) is 8.12. The Hall–Kier alpha value is -2.17. The third-order valence-electron chi connectivity index (χ3n) is 5.27. The summed E-state index contributed by atoms with van der Waals surface area (Å²) >= 11 is 0. The van der Waals surface area contributed by atoms with Crippen LogP contribution in [0, 0.1) is 0 Å². The van der Waals surface area contributed by atoms with Crippen molar-refractivity contribution in [2.75, 3.05) is 13.2 Å². The molecule has 0 spiro atoms. The SMILES string of the molecule is CC/C=C\C/C=C\C/C=C\CCCCCCCC(=O)OC1COC(c2ccccc2)OC1. The van der Waals surface area contributed by atoms with Gasteiger partial charge in [-0.15, -0.1) is 0 Å². The summed E-state index contributed by atoms with van der Waals surface area (Å²) in [5.41, 5.74) is 0.986. The van der Waals surface area contributed by atoms with Crippen molar-refractivity contribution >= 4 is 5.97 Å². The van der Waals surface area contributed by atoms with Crippen LogP contribution in [0.4, 0.5) is 0 Å². The monoisotopic (exact) mass is 440 g/mol. The highest BCUT2D eigenvalue weighted by Gasteiger charge is 2.25. The predicted octanol–water partition coefficient (Wildman–Crippen LogP) is 7.23. The highest BCUT2D eigenvalue weighted by molar-refractivity contribution is 5.69. The van der Waals surface area contributed by atoms with E-state index in [1.165, 1.54) is 19.3 Å². The van der Waals surface area contributed by atoms with Gasteiger partial charge < -0.3 is 14.2 Å². The van der Waals surface area contributed by atoms with Crippen molar-refractivity contribution in [3.63, 3.8) is 0 Å². The Kier molecular flexibility index (Phi) is 14.2. The highest BCUT2D eigenvalue weighted by Crippen LogP contribution is 2.23. The van der Waals surface area contributed by atoms with Crippen LogP contribution in [0.5, 0.6) is 0 Å². The summed E-state index contributed by atoms with van der Waals surface area (Å²) in [7, 11) is 0. The number of ether oxygens (including phenoxy) is 3. The summed E-state index contributed by atoms with van der Waals surface area (Å²) < 4.78 is 16.9. The van der Waals surface area contributed by atoms with Gasteiger partial charge in [-0.25, -0.2) is 0 Å². The Bertz CT molecular complexity index is 685. The van der Waals surface area contributed by atoms with Crippen LogP contribution in [0.1, 0.15) is 83.0 Å². The van der Waals surface area contributed by atoms with Gasteiger partial charge in [0.15, 0.2) is 6.29 Å². The second kappa shape index (κ2) is 17.4. The van der Waals surface area contributed by atoms with Crippen molar-refractivity contribution < 1.29 is 19.0 Å². The molecule has 4 heteroatoms. The van der Waals surface area contributed by atoms with Crippen molar-refractivity contribution in [2.45, 2.75) is 83.5 Å². The first kappa shape index (κ1) is 26.1. The lowest BCUT2D eigenvalue weighted by Crippen LogP contribution is -2.35. The van der Waals surface area contributed by atoms with Crippen LogP contribution in [0.25, 0.3) is 0 Å². The Labute approximate surface area is 194 Å². The molecule has 1 aliphatic rings. The minimum absolute atomic E-state index is 0.151. The third-order valence-corrected chi connectivity index (χ3v) is 5.27. The molecule has 0 saturated carbocycles. The molecule has 0 radical (unpaired) electrons. The van der Waals surface area contributed by atoms with E-state index in [1.54, 1.807) is 0 Å². The summed E-state index contributed by atoms with van der Waals surface area (Å²) in [5.74, 6) is -0.151. The Morgan fingerprint density at radius 3 is 2.22 bits per heavy atom. The largest absolute Gasteiger partial charge is 0.457 e. The zero-order chi connectivity index (χ0) is 22.7. The molecule has 2 rings (SSSR count). The Morgan fingerprint density at radius 1 is 0.875 bits per heavy atom. The van der Waals surface area contributed by atoms with Crippen LogP contribution in [-0.2, 0) is 19.0 Å². The summed E-state index contributed by atoms with van der Waals surface area (Å²) in [6.45, 7) is 2.91. The normalized spacial score (nSPS) is 19.3. The number of carbonyl (C=O) groups excluding carboxylic acids is 1. The minimum atomic E-state index is -0.370. The van der Waals surface area contributed by atoms with Gasteiger partial charge in [0.2, 0.25) is 0 Å². The molecule has 0 atom stereocenters. The number of carbonyl (C=O) groups is 1. The number of unbranched alkanes of at least 4 members (excludes halogenated alkanes) is 5. The quantitative estimate of drug-likeness (QED) is 0.164. The molecule has 0 unspecified atom stereocenters. The molecule has 4 nitrogen and oxygen atoms in total. The van der Waals surface area contributed by atoms with Crippen LogP contribution in [0.15, 0.2) is 66.8 Å². The molecule has 0 aromatic heterocycles. The molecule has 176 valence electrons. The standard InChI is InChI=1S/C28H40O4/c1-2-3-4-5-6-7-8-9-10-11-12-13-14-15-19-22-27(29)32-26-23-30-28(31-24-26)25-20-17-16-18-21-25/h3-4,6-7,9-10,16-18,20-21,26,28H,2,5,8,11-15,19,22-24H2,1H3/b4-3-,7-6-,10-9-. The van der Waals surface area contributed by atoms with E-state index in [4.69, 9.17) is 14.2 Å². The van der Waals surface area contributed by atoms with E-state index in [9.17, 15) is 4.79 Å². The van der Waals surface area contributed by atoms with Crippen LogP contribution in [-0.4, -0.2) is 25.3 Å². The summed E-state index contributed by atoms with van der Waals surface area (Å²) in [5, 5.41) is 0. The van der Waals surface area contributed by atoms with Gasteiger partial charge in [0.25, 0.3) is 0 Å². The zero-order valence-electron chi connectivity index (χ0n) is 19.6. The lowest BCUT2D eigenvalue weighted by atomic mass is 10.1. The van der Waals surface area contributed by atoms with Crippen LogP contribution < -0.4 is 0 Å². The molecular weight excluding hydrogens is 400 g/mol. The van der Waals surface area contributed by atoms with Crippen molar-refractivity contribution in [1.29, 1.82) is 0 Å². The second-order valence-corrected chi connectivity index (χ2v) is 8.12. The van der Waals surface area contributed by atoms with Crippen molar-refractivity contribution in [1.82, 2.24) is 0 Å². The highest BCUT2D eigenvalue weighted by atomic mass is 16.7. The number of hydrogen-bond donors (Lipinski definition) is 0. The van der Waals surface area contributed by atoms with E-state index in [0.717, 1.165) is 44.1 Å². The summed E-state index contributed by atoms with van der Waals surface area (Å²) in [6.07, 6.45) is 23.0. The molecule has 1 heterocycles. The molecule has 1 saturated heterocycles. The van der Waals surface area contributed by atoms with Crippen molar-refractivity contribution in [3.8, 4) is 0 Å². The van der Waals surface area contributed by atoms with E-state index in [2.05, 4.69) is 43.4 Å². The lowest BCUT2D eigenvalue weighted by molar-refractivity contribution is -0.229. The van der Waals surface area contributed by atoms with Crippen LogP contribution >= 0.6 is 0 Å². The average Bonchev–Trinajstić information content (AvgIpc) is 2.82. The van der Waals surface area contributed by atoms with Gasteiger partial charge in [-0.05, 0) is 38.5 Å². The molecular formula is C28H40O4. The van der Waals surface area contributed by atoms with Gasteiger partial charge in [-0.1, -0.05) is 93.0 Å². The van der Waals surface area contributed by atoms with Gasteiger partial charge in [-0.2, -0.15) is 0 Å². The molecule has 32 heavy (non-hydrogen) atoms. The fourth-order valence-electron chi connectivity index (χ4n) is 3.49. The Morgan fingerprint density at radius 2 is 1.50 bits per heavy atom. The maximum atomic E-state index is 12.0. The van der Waals surface area contributed by atoms with Gasteiger partial charge in [-0.3, -0.25) is 4.79 Å². The van der Waals surface area contributed by atoms with Crippen molar-refractivity contribution in [2.24, 2.45) is 0 Å². The number of benzene rings is 1. The summed E-state index contributed by atoms with van der Waals surface area (Å²) in [6, 6.07) is 9.82. The lowest BCUT2D eigenvalue weighted by Gasteiger charge is -2.29. The first-order valence-electron chi connectivity index (χ1n) is 12.2. The predicted molar refractivity (Wildman–Crippen MR) is 130 cm³/mol. The Balaban J connectivity index is 1.40. The molecule has 1 aromatic carbocycles. The van der Waals surface area contributed by atoms with Crippen LogP contribution in [0.2, 0.25) is 0 Å². The topological polar surface area (TPSA) is 44.8 Å². The summed E-state index contributed by atoms with van der Waals surface area (Å²) in [4.78, 5) is 12.0. The van der Waals surface area contributed by atoms with Crippen LogP contribution in [0.3, 0.4) is 0 Å². The first-order chi connectivity index (χ1) is 15.8. The molecule has 0 amide bonds. The first-order valence-corrected chi connectivity index (χ1v) is 12.2. The third kappa shape index (κ3) is 12.0. The fourth-order valence-corrected chi connectivity index (χ4v) is 3.49. The zero-order valence-corrected chi connectivity index (χ0v) is 19.6. The molecule has 0 bridgehead atoms. The minimum Gasteiger partial charge on any atom is -0.457 e. The average molecular weight is 441 g/mol. The van der Waals surface area contributed by atoms with E-state index < -0.39 is 0 Å². The van der Waals surface area contributed by atoms with Gasteiger partial charge in [0.05, 0.1) is 13.2 Å². The van der Waals surface area contributed by atoms with Gasteiger partial charge >= 0.3 is 5.97 Å². The molecule has 0 N–H and O–H groups in total. The van der Waals surface area contributed by atoms with Gasteiger partial charge in [0, 0.05) is 12.0 Å². The van der Waals surface area contributed by atoms with E-state index in [-0.39, 0.29) is 18.4 Å². The number of esters is 1. The van der Waals surface area contributed by atoms with Gasteiger partial charge in [0.1, 0.15) is 6.10 Å². The van der Waals surface area contributed by atoms with E-state index in [1.807, 2.05) is 30.3 Å². The molecule has 0 aliphatic carbocycles. The number of hydrogen-bond acceptors (Lipinski definition) is 4. The number of rotatable bonds is 15. The van der Waals surface area contributed by atoms with Crippen molar-refractivity contribution in [3.05, 3.63) is 72.4 Å². The smallest absolute Gasteiger partial charge is 0.306 e. The maximum Gasteiger partial charge on any atom is 0.306 e. The molecule has 1 fully saturated rings. The molecule has 1 aromatic rings. The molecule has 1 aliphatic heterocycles. The van der Waals surface area contributed by atoms with E-state index in [0.29, 0.717) is 19.6 Å². The maximum absolute atomic E-state index is 12.0. The fraction of sp³-hybridized carbons (Fsp3) is 0.536. The van der Waals surface area contributed by atoms with E-state index >= 15 is 0 Å².